The quantitative estimate of drug-likeness (QED) is 0.852. The average Bonchev–Trinajstić information content (AvgIpc) is 3.35. The minimum Gasteiger partial charge on any atom is -0.338 e. The Bertz CT molecular complexity index is 699. The molecule has 2 saturated heterocycles. The number of likely N-dealkylation sites (tertiary alicyclic amines) is 2. The number of aromatic nitrogens is 2. The smallest absolute Gasteiger partial charge is 0.241 e. The SMILES string of the molecule is CC(=O)N1CCC[C@H]1[C@H]1CCCN1Cc1nc(-c2ccsc2)no1. The Morgan fingerprint density at radius 2 is 2.17 bits per heavy atom. The largest absolute Gasteiger partial charge is 0.338 e. The maximum Gasteiger partial charge on any atom is 0.241 e. The number of amides is 1. The van der Waals surface area contributed by atoms with E-state index < -0.39 is 0 Å². The van der Waals surface area contributed by atoms with E-state index in [1.54, 1.807) is 18.3 Å². The van der Waals surface area contributed by atoms with E-state index in [4.69, 9.17) is 4.52 Å². The van der Waals surface area contributed by atoms with E-state index in [0.717, 1.165) is 37.9 Å². The highest BCUT2D eigenvalue weighted by molar-refractivity contribution is 7.08. The molecule has 0 aromatic carbocycles. The van der Waals surface area contributed by atoms with Gasteiger partial charge in [0.05, 0.1) is 6.54 Å². The van der Waals surface area contributed by atoms with E-state index in [9.17, 15) is 4.79 Å². The predicted octanol–water partition coefficient (Wildman–Crippen LogP) is 2.77. The molecule has 7 heteroatoms. The molecular formula is C17H22N4O2S. The monoisotopic (exact) mass is 346 g/mol. The topological polar surface area (TPSA) is 62.5 Å². The molecule has 6 nitrogen and oxygen atoms in total. The first-order chi connectivity index (χ1) is 11.7. The van der Waals surface area contributed by atoms with Crippen LogP contribution in [-0.4, -0.2) is 51.0 Å². The van der Waals surface area contributed by atoms with Crippen molar-refractivity contribution in [1.82, 2.24) is 19.9 Å². The van der Waals surface area contributed by atoms with Crippen molar-refractivity contribution < 1.29 is 9.32 Å². The van der Waals surface area contributed by atoms with Crippen LogP contribution in [0.2, 0.25) is 0 Å². The second-order valence-corrected chi connectivity index (χ2v) is 7.41. The van der Waals surface area contributed by atoms with E-state index in [-0.39, 0.29) is 5.91 Å². The molecule has 24 heavy (non-hydrogen) atoms. The van der Waals surface area contributed by atoms with E-state index >= 15 is 0 Å². The van der Waals surface area contributed by atoms with Crippen molar-refractivity contribution in [3.8, 4) is 11.4 Å². The van der Waals surface area contributed by atoms with Crippen LogP contribution >= 0.6 is 11.3 Å². The zero-order chi connectivity index (χ0) is 16.5. The second kappa shape index (κ2) is 6.64. The molecule has 0 aliphatic carbocycles. The minimum atomic E-state index is 0.196. The third-order valence-corrected chi connectivity index (χ3v) is 5.83. The highest BCUT2D eigenvalue weighted by Crippen LogP contribution is 2.31. The van der Waals surface area contributed by atoms with Gasteiger partial charge in [-0.05, 0) is 43.7 Å². The molecule has 2 aliphatic heterocycles. The van der Waals surface area contributed by atoms with Gasteiger partial charge in [-0.3, -0.25) is 9.69 Å². The van der Waals surface area contributed by atoms with Gasteiger partial charge in [-0.25, -0.2) is 0 Å². The van der Waals surface area contributed by atoms with Crippen LogP contribution < -0.4 is 0 Å². The van der Waals surface area contributed by atoms with Crippen molar-refractivity contribution in [3.63, 3.8) is 0 Å². The predicted molar refractivity (Wildman–Crippen MR) is 91.5 cm³/mol. The summed E-state index contributed by atoms with van der Waals surface area (Å²) >= 11 is 1.63. The molecule has 2 atom stereocenters. The van der Waals surface area contributed by atoms with Gasteiger partial charge in [-0.2, -0.15) is 16.3 Å². The minimum absolute atomic E-state index is 0.196. The lowest BCUT2D eigenvalue weighted by atomic mass is 10.0. The van der Waals surface area contributed by atoms with Crippen molar-refractivity contribution in [2.75, 3.05) is 13.1 Å². The molecule has 0 N–H and O–H groups in total. The molecule has 0 unspecified atom stereocenters. The van der Waals surface area contributed by atoms with E-state index in [1.807, 2.05) is 21.7 Å². The molecule has 0 saturated carbocycles. The Balaban J connectivity index is 1.47. The fourth-order valence-electron chi connectivity index (χ4n) is 4.07. The summed E-state index contributed by atoms with van der Waals surface area (Å²) in [5.41, 5.74) is 1.01. The van der Waals surface area contributed by atoms with Gasteiger partial charge < -0.3 is 9.42 Å². The number of hydrogen-bond donors (Lipinski definition) is 0. The fourth-order valence-corrected chi connectivity index (χ4v) is 4.70. The molecule has 2 fully saturated rings. The first-order valence-corrected chi connectivity index (χ1v) is 9.53. The molecule has 0 radical (unpaired) electrons. The summed E-state index contributed by atoms with van der Waals surface area (Å²) in [6, 6.07) is 2.75. The van der Waals surface area contributed by atoms with Crippen molar-refractivity contribution in [1.29, 1.82) is 0 Å². The van der Waals surface area contributed by atoms with Crippen LogP contribution in [0.4, 0.5) is 0 Å². The van der Waals surface area contributed by atoms with Crippen molar-refractivity contribution in [2.45, 2.75) is 51.2 Å². The van der Waals surface area contributed by atoms with Crippen LogP contribution in [0.15, 0.2) is 21.3 Å². The van der Waals surface area contributed by atoms with Crippen molar-refractivity contribution in [2.24, 2.45) is 0 Å². The van der Waals surface area contributed by atoms with Gasteiger partial charge in [-0.1, -0.05) is 5.16 Å². The molecule has 2 aliphatic rings. The highest BCUT2D eigenvalue weighted by atomic mass is 32.1. The number of thiophene rings is 1. The zero-order valence-electron chi connectivity index (χ0n) is 13.9. The maximum atomic E-state index is 11.9. The molecule has 4 heterocycles. The Morgan fingerprint density at radius 1 is 1.33 bits per heavy atom. The number of carbonyl (C=O) groups is 1. The van der Waals surface area contributed by atoms with Crippen LogP contribution in [0, 0.1) is 0 Å². The van der Waals surface area contributed by atoms with Gasteiger partial charge in [0, 0.05) is 36.5 Å². The molecule has 2 aromatic heterocycles. The third kappa shape index (κ3) is 2.98. The number of nitrogens with zero attached hydrogens (tertiary/aromatic N) is 4. The Hall–Kier alpha value is -1.73. The lowest BCUT2D eigenvalue weighted by Gasteiger charge is -2.33. The van der Waals surface area contributed by atoms with Gasteiger partial charge in [0.25, 0.3) is 0 Å². The van der Waals surface area contributed by atoms with Gasteiger partial charge in [0.15, 0.2) is 0 Å². The van der Waals surface area contributed by atoms with Crippen LogP contribution in [0.1, 0.15) is 38.5 Å². The highest BCUT2D eigenvalue weighted by Gasteiger charge is 2.39. The molecule has 0 bridgehead atoms. The molecular weight excluding hydrogens is 324 g/mol. The average molecular weight is 346 g/mol. The number of rotatable bonds is 4. The summed E-state index contributed by atoms with van der Waals surface area (Å²) < 4.78 is 5.46. The molecule has 2 aromatic rings. The van der Waals surface area contributed by atoms with E-state index in [0.29, 0.717) is 30.3 Å². The normalized spacial score (nSPS) is 24.8. The first kappa shape index (κ1) is 15.8. The Kier molecular flexibility index (Phi) is 4.37. The molecule has 1 amide bonds. The lowest BCUT2D eigenvalue weighted by molar-refractivity contribution is -0.130. The summed E-state index contributed by atoms with van der Waals surface area (Å²) in [5.74, 6) is 1.52. The third-order valence-electron chi connectivity index (χ3n) is 5.15. The second-order valence-electron chi connectivity index (χ2n) is 6.63. The molecule has 4 rings (SSSR count). The van der Waals surface area contributed by atoms with Crippen LogP contribution in [-0.2, 0) is 11.3 Å². The lowest BCUT2D eigenvalue weighted by Crippen LogP contribution is -2.47. The van der Waals surface area contributed by atoms with Gasteiger partial charge in [0.1, 0.15) is 0 Å². The number of hydrogen-bond acceptors (Lipinski definition) is 6. The fraction of sp³-hybridized carbons (Fsp3) is 0.588. The summed E-state index contributed by atoms with van der Waals surface area (Å²) in [7, 11) is 0. The first-order valence-electron chi connectivity index (χ1n) is 8.59. The van der Waals surface area contributed by atoms with E-state index in [2.05, 4.69) is 15.0 Å². The maximum absolute atomic E-state index is 11.9. The summed E-state index contributed by atoms with van der Waals surface area (Å²) in [4.78, 5) is 20.9. The van der Waals surface area contributed by atoms with Crippen molar-refractivity contribution >= 4 is 17.2 Å². The molecule has 128 valence electrons. The molecule has 0 spiro atoms. The van der Waals surface area contributed by atoms with Gasteiger partial charge >= 0.3 is 0 Å². The summed E-state index contributed by atoms with van der Waals surface area (Å²) in [6.07, 6.45) is 4.51. The standard InChI is InChI=1S/C17H22N4O2S/c1-12(22)21-8-3-5-15(21)14-4-2-7-20(14)10-16-18-17(19-23-16)13-6-9-24-11-13/h6,9,11,14-15H,2-5,7-8,10H2,1H3/t14-,15+/m1/s1. The van der Waals surface area contributed by atoms with Gasteiger partial charge in [0.2, 0.25) is 17.6 Å². The number of carbonyl (C=O) groups excluding carboxylic acids is 1. The zero-order valence-corrected chi connectivity index (χ0v) is 14.7. The van der Waals surface area contributed by atoms with Crippen LogP contribution in [0.3, 0.4) is 0 Å². The van der Waals surface area contributed by atoms with E-state index in [1.165, 1.54) is 6.42 Å². The van der Waals surface area contributed by atoms with Crippen LogP contribution in [0.25, 0.3) is 11.4 Å². The Morgan fingerprint density at radius 3 is 2.96 bits per heavy atom. The van der Waals surface area contributed by atoms with Gasteiger partial charge in [-0.15, -0.1) is 0 Å². The van der Waals surface area contributed by atoms with Crippen molar-refractivity contribution in [3.05, 3.63) is 22.7 Å². The Labute approximate surface area is 145 Å². The summed E-state index contributed by atoms with van der Waals surface area (Å²) in [5, 5.41) is 8.13. The summed E-state index contributed by atoms with van der Waals surface area (Å²) in [6.45, 7) is 4.28. The van der Waals surface area contributed by atoms with Crippen LogP contribution in [0.5, 0.6) is 0 Å².